The summed E-state index contributed by atoms with van der Waals surface area (Å²) in [7, 11) is -3.56. The van der Waals surface area contributed by atoms with Crippen molar-refractivity contribution in [2.24, 2.45) is 0 Å². The Morgan fingerprint density at radius 3 is 2.74 bits per heavy atom. The molecule has 0 unspecified atom stereocenters. The number of rotatable bonds is 2. The highest BCUT2D eigenvalue weighted by Gasteiger charge is 2.38. The summed E-state index contributed by atoms with van der Waals surface area (Å²) in [6.45, 7) is 10.5. The van der Waals surface area contributed by atoms with E-state index in [4.69, 9.17) is 15.7 Å². The van der Waals surface area contributed by atoms with Crippen LogP contribution in [-0.4, -0.2) is 19.8 Å². The third-order valence-corrected chi connectivity index (χ3v) is 6.63. The van der Waals surface area contributed by atoms with Crippen molar-refractivity contribution in [2.75, 3.05) is 10.5 Å². The van der Waals surface area contributed by atoms with Crippen LogP contribution in [0.15, 0.2) is 56.1 Å². The molecule has 2 aliphatic rings. The molecule has 0 aliphatic carbocycles. The molecule has 0 radical (unpaired) electrons. The highest BCUT2D eigenvalue weighted by molar-refractivity contribution is 7.92. The first-order chi connectivity index (χ1) is 16.6. The van der Waals surface area contributed by atoms with Crippen molar-refractivity contribution in [3.63, 3.8) is 0 Å². The van der Waals surface area contributed by atoms with E-state index in [-0.39, 0.29) is 46.0 Å². The molecule has 1 aromatic heterocycles. The fourth-order valence-electron chi connectivity index (χ4n) is 3.69. The van der Waals surface area contributed by atoms with Crippen molar-refractivity contribution in [3.05, 3.63) is 79.8 Å². The molecule has 1 N–H and O–H groups in total. The van der Waals surface area contributed by atoms with Crippen LogP contribution in [0.3, 0.4) is 0 Å². The maximum absolute atomic E-state index is 12.6. The average Bonchev–Trinajstić information content (AvgIpc) is 3.04. The third-order valence-electron chi connectivity index (χ3n) is 5.36. The fourth-order valence-corrected chi connectivity index (χ4v) is 4.67. The van der Waals surface area contributed by atoms with Crippen LogP contribution in [0.4, 0.5) is 5.69 Å². The Morgan fingerprint density at radius 2 is 2.06 bits per heavy atom. The molecule has 0 saturated carbocycles. The van der Waals surface area contributed by atoms with Gasteiger partial charge in [0.25, 0.3) is 0 Å². The van der Waals surface area contributed by atoms with E-state index in [1.807, 2.05) is 6.07 Å². The maximum Gasteiger partial charge on any atom is 0.343 e. The summed E-state index contributed by atoms with van der Waals surface area (Å²) in [6.07, 6.45) is 3.13. The molecule has 0 spiro atoms. The first kappa shape index (κ1) is 23.4. The Morgan fingerprint density at radius 1 is 1.29 bits per heavy atom. The molecule has 0 atom stereocenters. The van der Waals surface area contributed by atoms with Gasteiger partial charge in [-0.1, -0.05) is 17.9 Å². The van der Waals surface area contributed by atoms with Gasteiger partial charge >= 0.3 is 11.3 Å². The van der Waals surface area contributed by atoms with Gasteiger partial charge in [-0.05, 0) is 38.1 Å². The number of allylic oxidation sites excluding steroid dienone is 2. The molecule has 0 bridgehead atoms. The number of nitrogens with zero attached hydrogens (tertiary/aromatic N) is 3. The zero-order valence-electron chi connectivity index (χ0n) is 18.6. The van der Waals surface area contributed by atoms with E-state index in [1.165, 1.54) is 24.3 Å². The number of nitriles is 2. The van der Waals surface area contributed by atoms with Gasteiger partial charge in [-0.2, -0.15) is 5.26 Å². The molecule has 0 saturated heterocycles. The van der Waals surface area contributed by atoms with E-state index in [2.05, 4.69) is 21.4 Å². The maximum atomic E-state index is 12.6. The van der Waals surface area contributed by atoms with E-state index in [1.54, 1.807) is 26.0 Å². The van der Waals surface area contributed by atoms with Gasteiger partial charge in [-0.25, -0.2) is 23.3 Å². The fraction of sp³-hybridized carbons (Fsp3) is 0.200. The molecule has 35 heavy (non-hydrogen) atoms. The Balaban J connectivity index is 1.84. The molecule has 2 aliphatic heterocycles. The number of hydrogen-bond donors (Lipinski definition) is 1. The van der Waals surface area contributed by atoms with Gasteiger partial charge in [-0.3, -0.25) is 4.72 Å². The van der Waals surface area contributed by atoms with E-state index in [0.717, 1.165) is 0 Å². The SMILES string of the molecule is [C-]#[N+]/C(C#N)=C1\OC(C)(C)C(/C=C/c2cc3cc4c(cc3oc2=O)C#CCCS(=O)(=O)N4)=C1C#N. The average molecular weight is 484 g/mol. The van der Waals surface area contributed by atoms with E-state index in [0.29, 0.717) is 16.5 Å². The largest absolute Gasteiger partial charge is 0.492 e. The van der Waals surface area contributed by atoms with Crippen LogP contribution in [-0.2, 0) is 14.8 Å². The van der Waals surface area contributed by atoms with Gasteiger partial charge < -0.3 is 9.15 Å². The number of sulfonamides is 1. The molecular formula is C25H16N4O5S. The molecule has 0 fully saturated rings. The quantitative estimate of drug-likeness (QED) is 0.298. The summed E-state index contributed by atoms with van der Waals surface area (Å²) in [5.41, 5.74) is -0.565. The van der Waals surface area contributed by atoms with Crippen molar-refractivity contribution in [1.29, 1.82) is 10.5 Å². The van der Waals surface area contributed by atoms with Crippen LogP contribution in [0.2, 0.25) is 0 Å². The minimum absolute atomic E-state index is 0.0262. The Kier molecular flexibility index (Phi) is 5.71. The second kappa shape index (κ2) is 8.54. The molecule has 9 nitrogen and oxygen atoms in total. The second-order valence-electron chi connectivity index (χ2n) is 8.15. The molecular weight excluding hydrogens is 468 g/mol. The van der Waals surface area contributed by atoms with Crippen LogP contribution < -0.4 is 10.3 Å². The van der Waals surface area contributed by atoms with Crippen molar-refractivity contribution in [3.8, 4) is 24.0 Å². The zero-order valence-corrected chi connectivity index (χ0v) is 19.4. The normalized spacial score (nSPS) is 19.1. The molecule has 0 amide bonds. The number of hydrogen-bond acceptors (Lipinski definition) is 7. The summed E-state index contributed by atoms with van der Waals surface area (Å²) >= 11 is 0. The van der Waals surface area contributed by atoms with E-state index >= 15 is 0 Å². The lowest BCUT2D eigenvalue weighted by Crippen LogP contribution is -2.20. The number of fused-ring (bicyclic) bond motifs is 2. The lowest BCUT2D eigenvalue weighted by Gasteiger charge is -2.20. The third kappa shape index (κ3) is 4.39. The highest BCUT2D eigenvalue weighted by Crippen LogP contribution is 2.40. The summed E-state index contributed by atoms with van der Waals surface area (Å²) in [5.74, 6) is 5.45. The predicted octanol–water partition coefficient (Wildman–Crippen LogP) is 3.59. The molecule has 1 aromatic carbocycles. The van der Waals surface area contributed by atoms with E-state index in [9.17, 15) is 23.7 Å². The van der Waals surface area contributed by atoms with Crippen molar-refractivity contribution < 1.29 is 17.6 Å². The summed E-state index contributed by atoms with van der Waals surface area (Å²) in [5, 5.41) is 19.3. The first-order valence-corrected chi connectivity index (χ1v) is 11.9. The number of nitrogens with one attached hydrogen (secondary N) is 1. The monoisotopic (exact) mass is 484 g/mol. The van der Waals surface area contributed by atoms with Gasteiger partial charge in [-0.15, -0.1) is 0 Å². The number of ether oxygens (including phenoxy) is 1. The van der Waals surface area contributed by atoms with Crippen LogP contribution in [0, 0.1) is 41.1 Å². The Bertz CT molecular complexity index is 1730. The number of benzene rings is 1. The smallest absolute Gasteiger partial charge is 0.343 e. The lowest BCUT2D eigenvalue weighted by atomic mass is 9.94. The van der Waals surface area contributed by atoms with Gasteiger partial charge in [0.2, 0.25) is 10.0 Å². The van der Waals surface area contributed by atoms with Gasteiger partial charge in [0.05, 0.1) is 40.8 Å². The summed E-state index contributed by atoms with van der Waals surface area (Å²) in [4.78, 5) is 15.8. The van der Waals surface area contributed by atoms with E-state index < -0.39 is 21.2 Å². The number of anilines is 1. The minimum Gasteiger partial charge on any atom is -0.492 e. The van der Waals surface area contributed by atoms with Crippen LogP contribution in [0.1, 0.15) is 31.4 Å². The molecule has 4 rings (SSSR count). The molecule has 2 aromatic rings. The molecule has 10 heteroatoms. The van der Waals surface area contributed by atoms with Crippen molar-refractivity contribution in [2.45, 2.75) is 25.9 Å². The first-order valence-electron chi connectivity index (χ1n) is 10.2. The Hall–Kier alpha value is -4.77. The second-order valence-corrected chi connectivity index (χ2v) is 9.99. The lowest BCUT2D eigenvalue weighted by molar-refractivity contribution is 0.0953. The highest BCUT2D eigenvalue weighted by atomic mass is 32.2. The minimum atomic E-state index is -3.56. The van der Waals surface area contributed by atoms with Gasteiger partial charge in [0.1, 0.15) is 17.3 Å². The van der Waals surface area contributed by atoms with Crippen molar-refractivity contribution >= 4 is 32.8 Å². The van der Waals surface area contributed by atoms with Crippen LogP contribution >= 0.6 is 0 Å². The topological polar surface area (TPSA) is 138 Å². The van der Waals surface area contributed by atoms with Crippen molar-refractivity contribution in [1.82, 2.24) is 0 Å². The molecule has 172 valence electrons. The van der Waals surface area contributed by atoms with Gasteiger partial charge in [0, 0.05) is 17.4 Å². The Labute approximate surface area is 201 Å². The van der Waals surface area contributed by atoms with Crippen LogP contribution in [0.5, 0.6) is 0 Å². The predicted molar refractivity (Wildman–Crippen MR) is 127 cm³/mol. The van der Waals surface area contributed by atoms with Gasteiger partial charge in [0.15, 0.2) is 5.76 Å². The molecule has 3 heterocycles. The van der Waals surface area contributed by atoms with Crippen LogP contribution in [0.25, 0.3) is 21.9 Å². The summed E-state index contributed by atoms with van der Waals surface area (Å²) in [6, 6.07) is 8.28. The standard InChI is InChI=1S/C25H16N4O5S/c1-25(2)19(18(13-26)23(34-25)21(14-27)28-3)8-7-16-10-17-11-20-15(12-22(17)33-24(16)30)6-4-5-9-35(31,32)29-20/h7-8,10-12,29H,5,9H2,1-2H3/b8-7+,23-21-. The zero-order chi connectivity index (χ0) is 25.4. The summed E-state index contributed by atoms with van der Waals surface area (Å²) < 4.78 is 38.0.